The van der Waals surface area contributed by atoms with Gasteiger partial charge in [0.15, 0.2) is 0 Å². The first kappa shape index (κ1) is 13.6. The van der Waals surface area contributed by atoms with Gasteiger partial charge in [0.05, 0.1) is 18.2 Å². The van der Waals surface area contributed by atoms with Crippen molar-refractivity contribution in [3.05, 3.63) is 48.2 Å². The fraction of sp³-hybridized carbons (Fsp3) is 0.0625. The molecule has 3 N–H and O–H groups in total. The number of anilines is 3. The van der Waals surface area contributed by atoms with Crippen LogP contribution in [0.5, 0.6) is 5.75 Å². The van der Waals surface area contributed by atoms with Crippen molar-refractivity contribution in [2.45, 2.75) is 0 Å². The second-order valence-corrected chi connectivity index (χ2v) is 4.66. The van der Waals surface area contributed by atoms with E-state index in [2.05, 4.69) is 15.3 Å². The molecule has 3 aromatic rings. The zero-order valence-corrected chi connectivity index (χ0v) is 11.9. The van der Waals surface area contributed by atoms with Gasteiger partial charge in [-0.25, -0.2) is 9.97 Å². The van der Waals surface area contributed by atoms with Crippen LogP contribution in [0.2, 0.25) is 0 Å². The maximum atomic E-state index is 9.01. The number of hydrogen-bond acceptors (Lipinski definition) is 6. The van der Waals surface area contributed by atoms with Crippen LogP contribution in [0.3, 0.4) is 0 Å². The Morgan fingerprint density at radius 1 is 1.23 bits per heavy atom. The molecule has 0 radical (unpaired) electrons. The summed E-state index contributed by atoms with van der Waals surface area (Å²) < 4.78 is 5.19. The second kappa shape index (κ2) is 5.58. The Balaban J connectivity index is 1.95. The molecule has 0 amide bonds. The molecule has 0 atom stereocenters. The number of nitrogens with zero attached hydrogens (tertiary/aromatic N) is 3. The Morgan fingerprint density at radius 3 is 2.86 bits per heavy atom. The molecule has 0 aliphatic carbocycles. The smallest absolute Gasteiger partial charge is 0.227 e. The largest absolute Gasteiger partial charge is 0.497 e. The van der Waals surface area contributed by atoms with Gasteiger partial charge < -0.3 is 15.8 Å². The van der Waals surface area contributed by atoms with Gasteiger partial charge in [-0.3, -0.25) is 0 Å². The predicted molar refractivity (Wildman–Crippen MR) is 84.9 cm³/mol. The molecule has 0 fully saturated rings. The average molecular weight is 291 g/mol. The van der Waals surface area contributed by atoms with Gasteiger partial charge in [-0.15, -0.1) is 0 Å². The zero-order chi connectivity index (χ0) is 15.5. The van der Waals surface area contributed by atoms with Crippen LogP contribution in [0, 0.1) is 11.3 Å². The van der Waals surface area contributed by atoms with Crippen molar-refractivity contribution in [1.82, 2.24) is 9.97 Å². The van der Waals surface area contributed by atoms with Gasteiger partial charge in [0.2, 0.25) is 5.95 Å². The van der Waals surface area contributed by atoms with E-state index in [1.807, 2.05) is 24.3 Å². The monoisotopic (exact) mass is 291 g/mol. The molecule has 6 nitrogen and oxygen atoms in total. The maximum Gasteiger partial charge on any atom is 0.227 e. The third-order valence-electron chi connectivity index (χ3n) is 3.22. The van der Waals surface area contributed by atoms with Gasteiger partial charge in [0.1, 0.15) is 11.8 Å². The normalized spacial score (nSPS) is 10.2. The van der Waals surface area contributed by atoms with Gasteiger partial charge in [-0.05, 0) is 30.3 Å². The Morgan fingerprint density at radius 2 is 2.09 bits per heavy atom. The summed E-state index contributed by atoms with van der Waals surface area (Å²) in [6.07, 6.45) is 1.73. The minimum absolute atomic E-state index is 0.410. The van der Waals surface area contributed by atoms with E-state index in [9.17, 15) is 0 Å². The summed E-state index contributed by atoms with van der Waals surface area (Å²) in [6, 6.07) is 12.7. The van der Waals surface area contributed by atoms with Crippen molar-refractivity contribution in [1.29, 1.82) is 5.26 Å². The number of rotatable bonds is 3. The highest BCUT2D eigenvalue weighted by molar-refractivity contribution is 5.80. The topological polar surface area (TPSA) is 96.9 Å². The van der Waals surface area contributed by atoms with Gasteiger partial charge in [-0.1, -0.05) is 0 Å². The lowest BCUT2D eigenvalue weighted by atomic mass is 10.2. The predicted octanol–water partition coefficient (Wildman–Crippen LogP) is 2.84. The van der Waals surface area contributed by atoms with E-state index in [1.54, 1.807) is 31.5 Å². The highest BCUT2D eigenvalue weighted by Crippen LogP contribution is 2.22. The molecule has 108 valence electrons. The first-order valence-electron chi connectivity index (χ1n) is 6.57. The second-order valence-electron chi connectivity index (χ2n) is 4.66. The number of aromatic nitrogens is 2. The van der Waals surface area contributed by atoms with Crippen LogP contribution >= 0.6 is 0 Å². The Labute approximate surface area is 127 Å². The number of benzene rings is 2. The first-order valence-corrected chi connectivity index (χ1v) is 6.57. The van der Waals surface area contributed by atoms with Crippen molar-refractivity contribution < 1.29 is 4.74 Å². The number of nitrogens with one attached hydrogen (secondary N) is 1. The highest BCUT2D eigenvalue weighted by atomic mass is 16.5. The first-order chi connectivity index (χ1) is 10.7. The molecule has 6 heteroatoms. The number of methoxy groups -OCH3 is 1. The third-order valence-corrected chi connectivity index (χ3v) is 3.22. The van der Waals surface area contributed by atoms with Crippen LogP contribution in [-0.4, -0.2) is 17.1 Å². The van der Waals surface area contributed by atoms with E-state index in [0.717, 1.165) is 16.7 Å². The van der Waals surface area contributed by atoms with Crippen molar-refractivity contribution >= 4 is 28.2 Å². The number of nitriles is 1. The fourth-order valence-corrected chi connectivity index (χ4v) is 2.05. The lowest BCUT2D eigenvalue weighted by molar-refractivity contribution is 0.415. The molecule has 0 aliphatic heterocycles. The zero-order valence-electron chi connectivity index (χ0n) is 11.9. The Kier molecular flexibility index (Phi) is 3.46. The van der Waals surface area contributed by atoms with E-state index >= 15 is 0 Å². The summed E-state index contributed by atoms with van der Waals surface area (Å²) in [5.74, 6) is 1.17. The molecule has 0 spiro atoms. The van der Waals surface area contributed by atoms with E-state index in [0.29, 0.717) is 22.9 Å². The van der Waals surface area contributed by atoms with Crippen molar-refractivity contribution in [3.8, 4) is 11.8 Å². The molecular formula is C16H13N5O. The summed E-state index contributed by atoms with van der Waals surface area (Å²) in [5.41, 5.74) is 8.03. The van der Waals surface area contributed by atoms with Crippen LogP contribution in [0.4, 0.5) is 17.3 Å². The van der Waals surface area contributed by atoms with Crippen LogP contribution in [-0.2, 0) is 0 Å². The molecule has 3 rings (SSSR count). The van der Waals surface area contributed by atoms with Crippen molar-refractivity contribution in [2.24, 2.45) is 0 Å². The maximum absolute atomic E-state index is 9.01. The average Bonchev–Trinajstić information content (AvgIpc) is 2.56. The molecule has 0 saturated carbocycles. The molecular weight excluding hydrogens is 278 g/mol. The number of nitrogens with two attached hydrogens (primary N) is 1. The summed E-state index contributed by atoms with van der Waals surface area (Å²) in [5, 5.41) is 13.0. The molecule has 22 heavy (non-hydrogen) atoms. The molecule has 2 aromatic carbocycles. The van der Waals surface area contributed by atoms with E-state index in [-0.39, 0.29) is 0 Å². The SMILES string of the molecule is COc1ccc2cnc(Nc3ccc(N)c(C#N)c3)nc2c1. The number of ether oxygens (including phenoxy) is 1. The molecule has 0 bridgehead atoms. The lowest BCUT2D eigenvalue weighted by Gasteiger charge is -2.07. The summed E-state index contributed by atoms with van der Waals surface area (Å²) in [6.45, 7) is 0. The van der Waals surface area contributed by atoms with Crippen molar-refractivity contribution in [3.63, 3.8) is 0 Å². The van der Waals surface area contributed by atoms with Gasteiger partial charge in [-0.2, -0.15) is 5.26 Å². The van der Waals surface area contributed by atoms with Crippen LogP contribution in [0.1, 0.15) is 5.56 Å². The van der Waals surface area contributed by atoms with E-state index in [4.69, 9.17) is 15.7 Å². The van der Waals surface area contributed by atoms with Gasteiger partial charge in [0, 0.05) is 29.0 Å². The van der Waals surface area contributed by atoms with E-state index in [1.165, 1.54) is 0 Å². The molecule has 1 aromatic heterocycles. The lowest BCUT2D eigenvalue weighted by Crippen LogP contribution is -1.99. The molecule has 0 aliphatic rings. The Hall–Kier alpha value is -3.33. The van der Waals surface area contributed by atoms with Crippen molar-refractivity contribution in [2.75, 3.05) is 18.2 Å². The third kappa shape index (κ3) is 2.60. The molecule has 1 heterocycles. The summed E-state index contributed by atoms with van der Waals surface area (Å²) >= 11 is 0. The number of hydrogen-bond donors (Lipinski definition) is 2. The number of fused-ring (bicyclic) bond motifs is 1. The van der Waals surface area contributed by atoms with E-state index < -0.39 is 0 Å². The minimum Gasteiger partial charge on any atom is -0.497 e. The van der Waals surface area contributed by atoms with Gasteiger partial charge in [0.25, 0.3) is 0 Å². The Bertz CT molecular complexity index is 885. The quantitative estimate of drug-likeness (QED) is 0.720. The fourth-order valence-electron chi connectivity index (χ4n) is 2.05. The highest BCUT2D eigenvalue weighted by Gasteiger charge is 2.04. The summed E-state index contributed by atoms with van der Waals surface area (Å²) in [7, 11) is 1.61. The minimum atomic E-state index is 0.410. The summed E-state index contributed by atoms with van der Waals surface area (Å²) in [4.78, 5) is 8.70. The molecule has 0 unspecified atom stereocenters. The standard InChI is InChI=1S/C16H13N5O/c1-22-13-4-2-10-9-19-16(21-15(10)7-13)20-12-3-5-14(18)11(6-12)8-17/h2-7,9H,18H2,1H3,(H,19,20,21). The van der Waals surface area contributed by atoms with Gasteiger partial charge >= 0.3 is 0 Å². The van der Waals surface area contributed by atoms with Crippen LogP contribution in [0.25, 0.3) is 10.9 Å². The van der Waals surface area contributed by atoms with Crippen LogP contribution < -0.4 is 15.8 Å². The number of nitrogen functional groups attached to an aromatic ring is 1. The van der Waals surface area contributed by atoms with Crippen LogP contribution in [0.15, 0.2) is 42.6 Å². The molecule has 0 saturated heterocycles.